The Morgan fingerprint density at radius 2 is 1.43 bits per heavy atom. The number of carbonyl (C=O) groups excluding carboxylic acids is 5. The smallest absolute Gasteiger partial charge is 0.408 e. The molecule has 1 aromatic carbocycles. The van der Waals surface area contributed by atoms with E-state index in [0.717, 1.165) is 5.56 Å². The molecule has 0 heterocycles. The Morgan fingerprint density at radius 1 is 0.841 bits per heavy atom. The number of hydrogen-bond acceptors (Lipinski definition) is 8. The lowest BCUT2D eigenvalue weighted by Crippen LogP contribution is -2.57. The zero-order valence-corrected chi connectivity index (χ0v) is 27.1. The van der Waals surface area contributed by atoms with Crippen molar-refractivity contribution in [3.8, 4) is 0 Å². The van der Waals surface area contributed by atoms with Crippen LogP contribution in [0.1, 0.15) is 80.2 Å². The van der Waals surface area contributed by atoms with E-state index >= 15 is 0 Å². The van der Waals surface area contributed by atoms with Crippen molar-refractivity contribution in [2.45, 2.75) is 105 Å². The Morgan fingerprint density at radius 3 is 1.93 bits per heavy atom. The predicted octanol–water partition coefficient (Wildman–Crippen LogP) is 2.97. The van der Waals surface area contributed by atoms with E-state index in [1.165, 1.54) is 6.92 Å². The summed E-state index contributed by atoms with van der Waals surface area (Å²) < 4.78 is 5.21. The summed E-state index contributed by atoms with van der Waals surface area (Å²) >= 11 is 0. The molecule has 12 heteroatoms. The van der Waals surface area contributed by atoms with Crippen LogP contribution in [0, 0.1) is 23.2 Å². The van der Waals surface area contributed by atoms with Gasteiger partial charge >= 0.3 is 12.1 Å². The van der Waals surface area contributed by atoms with Crippen LogP contribution in [0.5, 0.6) is 0 Å². The maximum Gasteiger partial charge on any atom is 0.408 e. The predicted molar refractivity (Wildman–Crippen MR) is 165 cm³/mol. The van der Waals surface area contributed by atoms with E-state index in [0.29, 0.717) is 6.42 Å². The number of nitrogens with one attached hydrogen (secondary N) is 3. The quantitative estimate of drug-likeness (QED) is 0.163. The lowest BCUT2D eigenvalue weighted by molar-refractivity contribution is -0.147. The normalized spacial score (nSPS) is 15.6. The highest BCUT2D eigenvalue weighted by Crippen LogP contribution is 2.30. The average Bonchev–Trinajstić information content (AvgIpc) is 2.95. The van der Waals surface area contributed by atoms with Gasteiger partial charge < -0.3 is 31.5 Å². The van der Waals surface area contributed by atoms with Crippen LogP contribution in [0.15, 0.2) is 30.3 Å². The summed E-state index contributed by atoms with van der Waals surface area (Å²) in [7, 11) is 0. The van der Waals surface area contributed by atoms with Crippen LogP contribution < -0.4 is 21.7 Å². The van der Waals surface area contributed by atoms with Crippen molar-refractivity contribution in [2.24, 2.45) is 28.9 Å². The highest BCUT2D eigenvalue weighted by atomic mass is 16.5. The second-order valence-corrected chi connectivity index (χ2v) is 12.8. The van der Waals surface area contributed by atoms with Crippen molar-refractivity contribution in [1.82, 2.24) is 16.0 Å². The highest BCUT2D eigenvalue weighted by Gasteiger charge is 2.38. The third-order valence-electron chi connectivity index (χ3n) is 7.53. The fourth-order valence-electron chi connectivity index (χ4n) is 4.45. The van der Waals surface area contributed by atoms with Crippen LogP contribution in [-0.2, 0) is 35.3 Å². The lowest BCUT2D eigenvalue weighted by atomic mass is 9.77. The molecule has 246 valence electrons. The molecule has 1 aromatic rings. The first-order chi connectivity index (χ1) is 20.4. The largest absolute Gasteiger partial charge is 0.481 e. The maximum atomic E-state index is 13.4. The fourth-order valence-corrected chi connectivity index (χ4v) is 4.45. The number of amides is 3. The molecule has 6 N–H and O–H groups in total. The molecule has 0 aliphatic heterocycles. The van der Waals surface area contributed by atoms with Gasteiger partial charge in [0.2, 0.25) is 23.4 Å². The number of carbonyl (C=O) groups is 6. The van der Waals surface area contributed by atoms with Crippen molar-refractivity contribution in [2.75, 3.05) is 0 Å². The van der Waals surface area contributed by atoms with Crippen LogP contribution >= 0.6 is 0 Å². The second kappa shape index (κ2) is 17.5. The number of ether oxygens (including phenoxy) is 1. The Hall–Kier alpha value is -3.80. The van der Waals surface area contributed by atoms with Gasteiger partial charge in [0.25, 0.3) is 0 Å². The van der Waals surface area contributed by atoms with E-state index < -0.39 is 70.9 Å². The highest BCUT2D eigenvalue weighted by molar-refractivity contribution is 6.41. The molecule has 6 atom stereocenters. The number of Topliss-reactive ketones (excluding diaryl/α,β-unsaturated/α-hetero) is 2. The summed E-state index contributed by atoms with van der Waals surface area (Å²) in [5, 5.41) is 17.3. The number of alkyl carbamates (subject to hydrolysis) is 1. The van der Waals surface area contributed by atoms with Gasteiger partial charge in [0.05, 0.1) is 24.0 Å². The summed E-state index contributed by atoms with van der Waals surface area (Å²) in [5.74, 6) is -5.85. The van der Waals surface area contributed by atoms with Crippen LogP contribution in [0.25, 0.3) is 0 Å². The van der Waals surface area contributed by atoms with Gasteiger partial charge in [-0.25, -0.2) is 4.79 Å². The minimum absolute atomic E-state index is 0.0324. The standard InChI is InChI=1S/C32H50N4O8/c1-9-19(4)25(33)29(40)35-24(16-22(30(41)42)32(6,7)8)28(39)34-20(5)26(37)27(38)23(15-18(2)3)36-31(43)44-17-21-13-11-10-12-14-21/h10-14,18-20,22-25H,9,15-17,33H2,1-8H3,(H,34,39)(H,35,40)(H,36,43)(H,41,42)/t19-,20-,22?,23-,24-,25-/m0/s1. The van der Waals surface area contributed by atoms with E-state index in [1.54, 1.807) is 52.0 Å². The minimum Gasteiger partial charge on any atom is -0.481 e. The Balaban J connectivity index is 3.09. The molecule has 12 nitrogen and oxygen atoms in total. The van der Waals surface area contributed by atoms with Crippen LogP contribution in [0.3, 0.4) is 0 Å². The molecule has 0 saturated heterocycles. The second-order valence-electron chi connectivity index (χ2n) is 12.8. The molecule has 1 unspecified atom stereocenters. The van der Waals surface area contributed by atoms with Gasteiger partial charge in [0, 0.05) is 0 Å². The lowest BCUT2D eigenvalue weighted by Gasteiger charge is -2.31. The third kappa shape index (κ3) is 12.4. The zero-order chi connectivity index (χ0) is 33.8. The number of benzene rings is 1. The van der Waals surface area contributed by atoms with Gasteiger partial charge in [0.1, 0.15) is 12.6 Å². The number of carboxylic acid groups (broad SMARTS) is 1. The van der Waals surface area contributed by atoms with Crippen molar-refractivity contribution >= 4 is 35.4 Å². The molecule has 0 fully saturated rings. The summed E-state index contributed by atoms with van der Waals surface area (Å²) in [6.45, 7) is 13.6. The number of rotatable bonds is 17. The van der Waals surface area contributed by atoms with Gasteiger partial charge in [-0.1, -0.05) is 85.2 Å². The molecule has 0 aliphatic carbocycles. The first-order valence-electron chi connectivity index (χ1n) is 15.0. The van der Waals surface area contributed by atoms with Gasteiger partial charge in [-0.3, -0.25) is 24.0 Å². The van der Waals surface area contributed by atoms with Crippen molar-refractivity contribution in [1.29, 1.82) is 0 Å². The molecule has 1 rings (SSSR count). The average molecular weight is 619 g/mol. The van der Waals surface area contributed by atoms with Gasteiger partial charge in [-0.05, 0) is 42.6 Å². The fraction of sp³-hybridized carbons (Fsp3) is 0.625. The number of ketones is 2. The van der Waals surface area contributed by atoms with Gasteiger partial charge in [-0.2, -0.15) is 0 Å². The first-order valence-corrected chi connectivity index (χ1v) is 15.0. The number of carboxylic acids is 1. The van der Waals surface area contributed by atoms with E-state index in [1.807, 2.05) is 26.8 Å². The molecule has 0 saturated carbocycles. The minimum atomic E-state index is -1.35. The molecule has 0 spiro atoms. The molecule has 0 bridgehead atoms. The monoisotopic (exact) mass is 618 g/mol. The molecular weight excluding hydrogens is 568 g/mol. The Kier molecular flexibility index (Phi) is 15.2. The number of nitrogens with two attached hydrogens (primary N) is 1. The number of hydrogen-bond donors (Lipinski definition) is 5. The van der Waals surface area contributed by atoms with Crippen LogP contribution in [-0.4, -0.2) is 64.7 Å². The summed E-state index contributed by atoms with van der Waals surface area (Å²) in [6.07, 6.45) is -0.406. The van der Waals surface area contributed by atoms with Crippen molar-refractivity contribution in [3.05, 3.63) is 35.9 Å². The molecule has 0 aromatic heterocycles. The van der Waals surface area contributed by atoms with Crippen molar-refractivity contribution in [3.63, 3.8) is 0 Å². The first kappa shape index (κ1) is 38.2. The SMILES string of the molecule is CC[C@H](C)[C@H](N)C(=O)N[C@@H](CC(C(=O)O)C(C)(C)C)C(=O)N[C@@H](C)C(=O)C(=O)[C@H](CC(C)C)NC(=O)OCc1ccccc1. The van der Waals surface area contributed by atoms with Crippen LogP contribution in [0.4, 0.5) is 4.79 Å². The number of aliphatic carboxylic acids is 1. The topological polar surface area (TPSA) is 194 Å². The Labute approximate surface area is 260 Å². The van der Waals surface area contributed by atoms with Gasteiger partial charge in [0.15, 0.2) is 0 Å². The van der Waals surface area contributed by atoms with Gasteiger partial charge in [-0.15, -0.1) is 0 Å². The molecule has 0 radical (unpaired) electrons. The molecule has 0 aliphatic rings. The molecule has 44 heavy (non-hydrogen) atoms. The molecule has 3 amide bonds. The van der Waals surface area contributed by atoms with E-state index in [9.17, 15) is 33.9 Å². The van der Waals surface area contributed by atoms with E-state index in [-0.39, 0.29) is 31.3 Å². The van der Waals surface area contributed by atoms with Crippen LogP contribution in [0.2, 0.25) is 0 Å². The Bertz CT molecular complexity index is 1150. The van der Waals surface area contributed by atoms with E-state index in [2.05, 4.69) is 16.0 Å². The molecular formula is C32H50N4O8. The maximum absolute atomic E-state index is 13.4. The summed E-state index contributed by atoms with van der Waals surface area (Å²) in [6, 6.07) is 4.10. The zero-order valence-electron chi connectivity index (χ0n) is 27.1. The third-order valence-corrected chi connectivity index (χ3v) is 7.53. The summed E-state index contributed by atoms with van der Waals surface area (Å²) in [4.78, 5) is 77.2. The summed E-state index contributed by atoms with van der Waals surface area (Å²) in [5.41, 5.74) is 6.02. The van der Waals surface area contributed by atoms with Crippen molar-refractivity contribution < 1.29 is 38.6 Å². The van der Waals surface area contributed by atoms with E-state index in [4.69, 9.17) is 10.5 Å².